The molecule has 8 nitrogen and oxygen atoms in total. The molecule has 0 spiro atoms. The van der Waals surface area contributed by atoms with Crippen LogP contribution in [-0.4, -0.2) is 60.5 Å². The van der Waals surface area contributed by atoms with Crippen molar-refractivity contribution in [2.45, 2.75) is 13.8 Å². The molecule has 0 radical (unpaired) electrons. The molecule has 2 aromatic rings. The maximum absolute atomic E-state index is 12.5. The van der Waals surface area contributed by atoms with E-state index in [4.69, 9.17) is 4.74 Å². The number of aromatic nitrogens is 2. The van der Waals surface area contributed by atoms with Crippen molar-refractivity contribution in [2.24, 2.45) is 0 Å². The van der Waals surface area contributed by atoms with E-state index in [0.29, 0.717) is 36.0 Å². The summed E-state index contributed by atoms with van der Waals surface area (Å²) in [6.07, 6.45) is 0. The fourth-order valence-electron chi connectivity index (χ4n) is 2.28. The van der Waals surface area contributed by atoms with Gasteiger partial charge in [0.2, 0.25) is 0 Å². The van der Waals surface area contributed by atoms with Gasteiger partial charge >= 0.3 is 5.97 Å². The van der Waals surface area contributed by atoms with E-state index in [9.17, 15) is 9.59 Å². The van der Waals surface area contributed by atoms with E-state index in [1.807, 2.05) is 14.1 Å². The van der Waals surface area contributed by atoms with Crippen LogP contribution in [0.3, 0.4) is 0 Å². The maximum Gasteiger partial charge on any atom is 0.338 e. The van der Waals surface area contributed by atoms with Gasteiger partial charge in [0.25, 0.3) is 5.91 Å². The molecule has 0 bridgehead atoms. The molecule has 27 heavy (non-hydrogen) atoms. The summed E-state index contributed by atoms with van der Waals surface area (Å²) >= 11 is 0. The Bertz CT molecular complexity index is 790. The van der Waals surface area contributed by atoms with Crippen LogP contribution in [-0.2, 0) is 4.74 Å². The summed E-state index contributed by atoms with van der Waals surface area (Å²) in [5.74, 6) is 0.370. The monoisotopic (exact) mass is 371 g/mol. The molecule has 0 saturated heterocycles. The quantitative estimate of drug-likeness (QED) is 0.687. The minimum atomic E-state index is -0.393. The zero-order chi connectivity index (χ0) is 19.8. The number of benzene rings is 1. The first-order chi connectivity index (χ1) is 12.9. The number of carbonyl (C=O) groups is 2. The highest BCUT2D eigenvalue weighted by Gasteiger charge is 2.12. The van der Waals surface area contributed by atoms with E-state index in [-0.39, 0.29) is 11.6 Å². The average molecular weight is 371 g/mol. The summed E-state index contributed by atoms with van der Waals surface area (Å²) < 4.78 is 4.94. The minimum absolute atomic E-state index is 0.268. The summed E-state index contributed by atoms with van der Waals surface area (Å²) in [4.78, 5) is 34.7. The van der Waals surface area contributed by atoms with Crippen LogP contribution < -0.4 is 10.6 Å². The second-order valence-electron chi connectivity index (χ2n) is 6.17. The number of aryl methyl sites for hydroxylation is 1. The van der Waals surface area contributed by atoms with Crippen molar-refractivity contribution in [3.63, 3.8) is 0 Å². The van der Waals surface area contributed by atoms with Gasteiger partial charge in [-0.2, -0.15) is 0 Å². The normalized spacial score (nSPS) is 10.6. The molecule has 1 amide bonds. The first-order valence-corrected chi connectivity index (χ1v) is 8.72. The van der Waals surface area contributed by atoms with E-state index in [1.54, 1.807) is 44.2 Å². The molecule has 0 saturated carbocycles. The van der Waals surface area contributed by atoms with Gasteiger partial charge in [-0.3, -0.25) is 4.79 Å². The van der Waals surface area contributed by atoms with Crippen LogP contribution in [0.25, 0.3) is 0 Å². The predicted octanol–water partition coefficient (Wildman–Crippen LogP) is 2.19. The van der Waals surface area contributed by atoms with Crippen molar-refractivity contribution in [1.29, 1.82) is 0 Å². The van der Waals surface area contributed by atoms with E-state index in [2.05, 4.69) is 25.5 Å². The number of hydrogen-bond donors (Lipinski definition) is 2. The SMILES string of the molecule is CCOC(=O)c1ccc(NC(=O)c2cc(NCCN(C)C)nc(C)n2)cc1. The molecule has 1 aromatic heterocycles. The first-order valence-electron chi connectivity index (χ1n) is 8.72. The van der Waals surface area contributed by atoms with Crippen LogP contribution in [0.1, 0.15) is 33.6 Å². The standard InChI is InChI=1S/C19H25N5O3/c1-5-27-19(26)14-6-8-15(9-7-14)23-18(25)16-12-17(22-13(2)21-16)20-10-11-24(3)4/h6-9,12H,5,10-11H2,1-4H3,(H,23,25)(H,20,21,22). The zero-order valence-electron chi connectivity index (χ0n) is 16.1. The van der Waals surface area contributed by atoms with Crippen molar-refractivity contribution in [3.8, 4) is 0 Å². The molecule has 0 aliphatic rings. The van der Waals surface area contributed by atoms with Gasteiger partial charge < -0.3 is 20.3 Å². The van der Waals surface area contributed by atoms with Gasteiger partial charge in [-0.25, -0.2) is 14.8 Å². The Kier molecular flexibility index (Phi) is 7.25. The number of carbonyl (C=O) groups excluding carboxylic acids is 2. The molecule has 0 unspecified atom stereocenters. The van der Waals surface area contributed by atoms with Gasteiger partial charge in [0.1, 0.15) is 17.3 Å². The van der Waals surface area contributed by atoms with Gasteiger partial charge in [0.05, 0.1) is 12.2 Å². The molecule has 0 fully saturated rings. The van der Waals surface area contributed by atoms with Crippen molar-refractivity contribution in [1.82, 2.24) is 14.9 Å². The number of hydrogen-bond acceptors (Lipinski definition) is 7. The molecule has 1 heterocycles. The Hall–Kier alpha value is -3.00. The second-order valence-corrected chi connectivity index (χ2v) is 6.17. The number of rotatable bonds is 8. The third-order valence-corrected chi connectivity index (χ3v) is 3.59. The molecule has 1 aromatic carbocycles. The maximum atomic E-state index is 12.5. The van der Waals surface area contributed by atoms with Crippen molar-refractivity contribution < 1.29 is 14.3 Å². The number of likely N-dealkylation sites (N-methyl/N-ethyl adjacent to an activating group) is 1. The molecular formula is C19H25N5O3. The Balaban J connectivity index is 2.04. The average Bonchev–Trinajstić information content (AvgIpc) is 2.61. The topological polar surface area (TPSA) is 96.4 Å². The van der Waals surface area contributed by atoms with Gasteiger partial charge in [-0.05, 0) is 52.2 Å². The molecule has 2 rings (SSSR count). The Morgan fingerprint density at radius 3 is 2.48 bits per heavy atom. The van der Waals surface area contributed by atoms with Crippen LogP contribution in [0, 0.1) is 6.92 Å². The number of amides is 1. The first kappa shape index (κ1) is 20.3. The second kappa shape index (κ2) is 9.63. The molecular weight excluding hydrogens is 346 g/mol. The number of anilines is 2. The number of nitrogens with zero attached hydrogens (tertiary/aromatic N) is 3. The lowest BCUT2D eigenvalue weighted by atomic mass is 10.2. The van der Waals surface area contributed by atoms with Crippen LogP contribution in [0.2, 0.25) is 0 Å². The fraction of sp³-hybridized carbons (Fsp3) is 0.368. The van der Waals surface area contributed by atoms with Crippen LogP contribution in [0.4, 0.5) is 11.5 Å². The number of esters is 1. The summed E-state index contributed by atoms with van der Waals surface area (Å²) in [6.45, 7) is 5.36. The summed E-state index contributed by atoms with van der Waals surface area (Å²) in [6, 6.07) is 8.12. The lowest BCUT2D eigenvalue weighted by Gasteiger charge is -2.12. The minimum Gasteiger partial charge on any atom is -0.462 e. The molecule has 0 aliphatic carbocycles. The van der Waals surface area contributed by atoms with Crippen molar-refractivity contribution >= 4 is 23.4 Å². The Labute approximate surface area is 159 Å². The van der Waals surface area contributed by atoms with Gasteiger partial charge in [-0.15, -0.1) is 0 Å². The molecule has 0 aliphatic heterocycles. The lowest BCUT2D eigenvalue weighted by molar-refractivity contribution is 0.0526. The third-order valence-electron chi connectivity index (χ3n) is 3.59. The molecule has 144 valence electrons. The van der Waals surface area contributed by atoms with Gasteiger partial charge in [-0.1, -0.05) is 0 Å². The van der Waals surface area contributed by atoms with Crippen molar-refractivity contribution in [3.05, 3.63) is 47.4 Å². The highest BCUT2D eigenvalue weighted by molar-refractivity contribution is 6.03. The van der Waals surface area contributed by atoms with E-state index < -0.39 is 5.97 Å². The third kappa shape index (κ3) is 6.34. The zero-order valence-corrected chi connectivity index (χ0v) is 16.1. The molecule has 0 atom stereocenters. The van der Waals surface area contributed by atoms with E-state index >= 15 is 0 Å². The van der Waals surface area contributed by atoms with Gasteiger partial charge in [0.15, 0.2) is 0 Å². The highest BCUT2D eigenvalue weighted by Crippen LogP contribution is 2.13. The van der Waals surface area contributed by atoms with E-state index in [1.165, 1.54) is 0 Å². The summed E-state index contributed by atoms with van der Waals surface area (Å²) in [5.41, 5.74) is 1.26. The highest BCUT2D eigenvalue weighted by atomic mass is 16.5. The summed E-state index contributed by atoms with van der Waals surface area (Å²) in [7, 11) is 3.97. The van der Waals surface area contributed by atoms with Crippen molar-refractivity contribution in [2.75, 3.05) is 44.4 Å². The smallest absolute Gasteiger partial charge is 0.338 e. The van der Waals surface area contributed by atoms with E-state index in [0.717, 1.165) is 6.54 Å². The number of ether oxygens (including phenoxy) is 1. The fourth-order valence-corrected chi connectivity index (χ4v) is 2.28. The summed E-state index contributed by atoms with van der Waals surface area (Å²) in [5, 5.41) is 5.95. The molecule has 2 N–H and O–H groups in total. The van der Waals surface area contributed by atoms with Crippen LogP contribution in [0.5, 0.6) is 0 Å². The van der Waals surface area contributed by atoms with Crippen LogP contribution >= 0.6 is 0 Å². The number of nitrogens with one attached hydrogen (secondary N) is 2. The van der Waals surface area contributed by atoms with Gasteiger partial charge in [0, 0.05) is 24.8 Å². The Morgan fingerprint density at radius 1 is 1.15 bits per heavy atom. The largest absolute Gasteiger partial charge is 0.462 e. The van der Waals surface area contributed by atoms with Crippen LogP contribution in [0.15, 0.2) is 30.3 Å². The lowest BCUT2D eigenvalue weighted by Crippen LogP contribution is -2.22. The Morgan fingerprint density at radius 2 is 1.85 bits per heavy atom. The molecule has 8 heteroatoms. The predicted molar refractivity (Wildman–Crippen MR) is 104 cm³/mol.